The molecule has 0 aliphatic carbocycles. The van der Waals surface area contributed by atoms with Crippen LogP contribution in [0.3, 0.4) is 0 Å². The average molecular weight is 455 g/mol. The second-order valence-corrected chi connectivity index (χ2v) is 8.56. The molecule has 7 heteroatoms. The van der Waals surface area contributed by atoms with Crippen molar-refractivity contribution in [1.29, 1.82) is 0 Å². The molecule has 34 heavy (non-hydrogen) atoms. The first-order valence-corrected chi connectivity index (χ1v) is 11.6. The molecule has 0 radical (unpaired) electrons. The summed E-state index contributed by atoms with van der Waals surface area (Å²) < 4.78 is 0. The summed E-state index contributed by atoms with van der Waals surface area (Å²) in [5.41, 5.74) is 3.56. The molecule has 0 fully saturated rings. The van der Waals surface area contributed by atoms with Crippen LogP contribution in [0.4, 0.5) is 5.69 Å². The van der Waals surface area contributed by atoms with Gasteiger partial charge in [0.1, 0.15) is 6.17 Å². The van der Waals surface area contributed by atoms with Gasteiger partial charge in [0, 0.05) is 30.3 Å². The molecule has 0 saturated carbocycles. The Hall–Kier alpha value is -4.00. The summed E-state index contributed by atoms with van der Waals surface area (Å²) in [5.74, 6) is -0.139. The standard InChI is InChI=1S/C27H26N4O3/c32-24(29-18-19-10-7-8-16-28-19)15-2-1-9-17-30-25-20-11-3-4-12-21(20)27(34)31(25)23-14-6-5-13-22(23)26(30)33/h3-8,10-14,16,25H,1-2,9,15,17-18H2,(H,29,32)/t25-/m0/s1. The van der Waals surface area contributed by atoms with Crippen molar-refractivity contribution in [3.63, 3.8) is 0 Å². The number of nitrogens with zero attached hydrogens (tertiary/aromatic N) is 3. The lowest BCUT2D eigenvalue weighted by atomic mass is 10.0. The van der Waals surface area contributed by atoms with Crippen LogP contribution in [0.5, 0.6) is 0 Å². The zero-order valence-corrected chi connectivity index (χ0v) is 18.8. The third-order valence-electron chi connectivity index (χ3n) is 6.38. The predicted molar refractivity (Wildman–Crippen MR) is 128 cm³/mol. The largest absolute Gasteiger partial charge is 0.350 e. The number of fused-ring (bicyclic) bond motifs is 5. The monoisotopic (exact) mass is 454 g/mol. The van der Waals surface area contributed by atoms with Crippen molar-refractivity contribution >= 4 is 23.4 Å². The molecule has 3 amide bonds. The number of benzene rings is 2. The molecule has 0 unspecified atom stereocenters. The van der Waals surface area contributed by atoms with Gasteiger partial charge in [-0.2, -0.15) is 0 Å². The maximum absolute atomic E-state index is 13.4. The summed E-state index contributed by atoms with van der Waals surface area (Å²) in [6.07, 6.45) is 4.01. The van der Waals surface area contributed by atoms with E-state index in [4.69, 9.17) is 0 Å². The number of amides is 3. The Balaban J connectivity index is 1.21. The van der Waals surface area contributed by atoms with E-state index in [2.05, 4.69) is 10.3 Å². The van der Waals surface area contributed by atoms with Gasteiger partial charge in [0.05, 0.1) is 23.5 Å². The lowest BCUT2D eigenvalue weighted by Gasteiger charge is -2.41. The highest BCUT2D eigenvalue weighted by Crippen LogP contribution is 2.45. The lowest BCUT2D eigenvalue weighted by Crippen LogP contribution is -2.48. The molecule has 5 rings (SSSR count). The number of hydrogen-bond acceptors (Lipinski definition) is 4. The van der Waals surface area contributed by atoms with E-state index < -0.39 is 6.17 Å². The highest BCUT2D eigenvalue weighted by atomic mass is 16.2. The van der Waals surface area contributed by atoms with Crippen LogP contribution in [-0.4, -0.2) is 34.2 Å². The van der Waals surface area contributed by atoms with E-state index in [9.17, 15) is 14.4 Å². The fourth-order valence-electron chi connectivity index (χ4n) is 4.72. The summed E-state index contributed by atoms with van der Waals surface area (Å²) in [4.78, 5) is 46.5. The topological polar surface area (TPSA) is 82.6 Å². The minimum Gasteiger partial charge on any atom is -0.350 e. The minimum absolute atomic E-state index is 0.00452. The molecule has 172 valence electrons. The molecule has 1 atom stereocenters. The first-order chi connectivity index (χ1) is 16.6. The average Bonchev–Trinajstić information content (AvgIpc) is 3.17. The smallest absolute Gasteiger partial charge is 0.260 e. The van der Waals surface area contributed by atoms with Crippen LogP contribution >= 0.6 is 0 Å². The summed E-state index contributed by atoms with van der Waals surface area (Å²) in [7, 11) is 0. The van der Waals surface area contributed by atoms with Gasteiger partial charge in [0.2, 0.25) is 5.91 Å². The van der Waals surface area contributed by atoms with Crippen molar-refractivity contribution in [3.8, 4) is 0 Å². The summed E-state index contributed by atoms with van der Waals surface area (Å²) >= 11 is 0. The Morgan fingerprint density at radius 3 is 2.44 bits per heavy atom. The summed E-state index contributed by atoms with van der Waals surface area (Å²) in [6, 6.07) is 20.4. The van der Waals surface area contributed by atoms with Gasteiger partial charge in [0.25, 0.3) is 11.8 Å². The number of anilines is 1. The molecule has 1 aromatic heterocycles. The normalized spacial score (nSPS) is 16.2. The maximum Gasteiger partial charge on any atom is 0.260 e. The van der Waals surface area contributed by atoms with Gasteiger partial charge in [-0.25, -0.2) is 0 Å². The van der Waals surface area contributed by atoms with Gasteiger partial charge < -0.3 is 10.2 Å². The second-order valence-electron chi connectivity index (χ2n) is 8.56. The van der Waals surface area contributed by atoms with E-state index in [1.54, 1.807) is 22.1 Å². The van der Waals surface area contributed by atoms with Crippen LogP contribution in [0.1, 0.15) is 63.8 Å². The molecule has 0 bridgehead atoms. The van der Waals surface area contributed by atoms with E-state index in [0.717, 1.165) is 30.5 Å². The molecule has 3 heterocycles. The van der Waals surface area contributed by atoms with E-state index in [1.165, 1.54) is 0 Å². The van der Waals surface area contributed by atoms with Crippen LogP contribution in [0.15, 0.2) is 72.9 Å². The van der Waals surface area contributed by atoms with Crippen LogP contribution < -0.4 is 10.2 Å². The van der Waals surface area contributed by atoms with Gasteiger partial charge in [0.15, 0.2) is 0 Å². The lowest BCUT2D eigenvalue weighted by molar-refractivity contribution is -0.121. The molecule has 3 aromatic rings. The molecule has 7 nitrogen and oxygen atoms in total. The summed E-state index contributed by atoms with van der Waals surface area (Å²) in [5, 5.41) is 2.89. The second kappa shape index (κ2) is 9.47. The number of para-hydroxylation sites is 1. The van der Waals surface area contributed by atoms with Crippen LogP contribution in [-0.2, 0) is 11.3 Å². The predicted octanol–water partition coefficient (Wildman–Crippen LogP) is 4.07. The molecular formula is C27H26N4O3. The van der Waals surface area contributed by atoms with E-state index in [0.29, 0.717) is 36.3 Å². The first kappa shape index (κ1) is 21.8. The van der Waals surface area contributed by atoms with Gasteiger partial charge in [-0.05, 0) is 43.2 Å². The summed E-state index contributed by atoms with van der Waals surface area (Å²) in [6.45, 7) is 0.942. The zero-order chi connectivity index (χ0) is 23.5. The van der Waals surface area contributed by atoms with E-state index in [-0.39, 0.29) is 17.7 Å². The van der Waals surface area contributed by atoms with Gasteiger partial charge in [-0.15, -0.1) is 0 Å². The van der Waals surface area contributed by atoms with Crippen molar-refractivity contribution in [2.75, 3.05) is 11.4 Å². The minimum atomic E-state index is -0.423. The number of carbonyl (C=O) groups excluding carboxylic acids is 3. The van der Waals surface area contributed by atoms with Crippen molar-refractivity contribution in [2.45, 2.75) is 38.4 Å². The number of carbonyl (C=O) groups is 3. The molecule has 2 aromatic carbocycles. The number of hydrogen-bond donors (Lipinski definition) is 1. The van der Waals surface area contributed by atoms with Crippen LogP contribution in [0.25, 0.3) is 0 Å². The van der Waals surface area contributed by atoms with Crippen molar-refractivity contribution in [3.05, 3.63) is 95.3 Å². The first-order valence-electron chi connectivity index (χ1n) is 11.6. The molecule has 2 aliphatic heterocycles. The molecule has 0 spiro atoms. The van der Waals surface area contributed by atoms with E-state index >= 15 is 0 Å². The fourth-order valence-corrected chi connectivity index (χ4v) is 4.72. The van der Waals surface area contributed by atoms with Crippen molar-refractivity contribution < 1.29 is 14.4 Å². The fraction of sp³-hybridized carbons (Fsp3) is 0.259. The highest BCUT2D eigenvalue weighted by Gasteiger charge is 2.47. The Labute approximate surface area is 198 Å². The number of unbranched alkanes of at least 4 members (excludes halogenated alkanes) is 2. The Kier molecular flexibility index (Phi) is 6.08. The SMILES string of the molecule is O=C(CCCCCN1C(=O)c2ccccc2N2C(=O)c3ccccc3[C@@H]12)NCc1ccccn1. The molecule has 0 saturated heterocycles. The highest BCUT2D eigenvalue weighted by molar-refractivity contribution is 6.16. The van der Waals surface area contributed by atoms with Crippen molar-refractivity contribution in [1.82, 2.24) is 15.2 Å². The zero-order valence-electron chi connectivity index (χ0n) is 18.8. The third kappa shape index (κ3) is 4.05. The van der Waals surface area contributed by atoms with Gasteiger partial charge >= 0.3 is 0 Å². The Morgan fingerprint density at radius 1 is 0.853 bits per heavy atom. The van der Waals surface area contributed by atoms with Gasteiger partial charge in [-0.3, -0.25) is 24.3 Å². The van der Waals surface area contributed by atoms with Crippen LogP contribution in [0, 0.1) is 0 Å². The third-order valence-corrected chi connectivity index (χ3v) is 6.38. The number of pyridine rings is 1. The maximum atomic E-state index is 13.4. The number of aromatic nitrogens is 1. The quantitative estimate of drug-likeness (QED) is 0.520. The van der Waals surface area contributed by atoms with Crippen LogP contribution in [0.2, 0.25) is 0 Å². The molecule has 2 aliphatic rings. The Bertz CT molecular complexity index is 1230. The Morgan fingerprint density at radius 2 is 1.62 bits per heavy atom. The van der Waals surface area contributed by atoms with Gasteiger partial charge in [-0.1, -0.05) is 42.8 Å². The number of rotatable bonds is 8. The van der Waals surface area contributed by atoms with Crippen molar-refractivity contribution in [2.24, 2.45) is 0 Å². The molecule has 1 N–H and O–H groups in total. The number of nitrogens with one attached hydrogen (secondary N) is 1. The molecular weight excluding hydrogens is 428 g/mol. The van der Waals surface area contributed by atoms with E-state index in [1.807, 2.05) is 60.7 Å².